The van der Waals surface area contributed by atoms with Crippen molar-refractivity contribution in [1.82, 2.24) is 9.80 Å². The molecule has 0 bridgehead atoms. The van der Waals surface area contributed by atoms with Gasteiger partial charge in [0.1, 0.15) is 23.6 Å². The Morgan fingerprint density at radius 2 is 1.02 bits per heavy atom. The van der Waals surface area contributed by atoms with Crippen LogP contribution in [0.5, 0.6) is 11.5 Å². The predicted octanol–water partition coefficient (Wildman–Crippen LogP) is 7.00. The summed E-state index contributed by atoms with van der Waals surface area (Å²) in [6.07, 6.45) is 8.69. The summed E-state index contributed by atoms with van der Waals surface area (Å²) in [6, 6.07) is 29.6. The maximum Gasteiger partial charge on any atom is 0.247 e. The van der Waals surface area contributed by atoms with Crippen LogP contribution >= 0.6 is 0 Å². The quantitative estimate of drug-likeness (QED) is 0.135. The highest BCUT2D eigenvalue weighted by molar-refractivity contribution is 5.98. The van der Waals surface area contributed by atoms with Crippen molar-refractivity contribution in [1.29, 1.82) is 0 Å². The lowest BCUT2D eigenvalue weighted by Crippen LogP contribution is -2.43. The first-order valence-corrected chi connectivity index (χ1v) is 18.6. The van der Waals surface area contributed by atoms with Crippen LogP contribution in [0.1, 0.15) is 60.8 Å². The molecule has 6 rings (SSSR count). The van der Waals surface area contributed by atoms with Crippen LogP contribution in [0, 0.1) is 0 Å². The Balaban J connectivity index is 0.956. The molecule has 0 radical (unpaired) electrons. The molecule has 0 aromatic heterocycles. The summed E-state index contributed by atoms with van der Waals surface area (Å²) in [5.41, 5.74) is 5.31. The summed E-state index contributed by atoms with van der Waals surface area (Å²) in [5, 5.41) is 5.98. The van der Waals surface area contributed by atoms with E-state index >= 15 is 0 Å². The van der Waals surface area contributed by atoms with Crippen LogP contribution in [0.3, 0.4) is 0 Å². The van der Waals surface area contributed by atoms with Crippen LogP contribution < -0.4 is 20.1 Å². The molecule has 2 N–H and O–H groups in total. The molecule has 10 heteroatoms. The van der Waals surface area contributed by atoms with Crippen LogP contribution in [0.2, 0.25) is 0 Å². The van der Waals surface area contributed by atoms with Crippen molar-refractivity contribution < 1.29 is 28.7 Å². The van der Waals surface area contributed by atoms with E-state index in [2.05, 4.69) is 10.6 Å². The van der Waals surface area contributed by atoms with Gasteiger partial charge < -0.3 is 29.9 Å². The van der Waals surface area contributed by atoms with Crippen molar-refractivity contribution in [3.8, 4) is 11.5 Å². The topological polar surface area (TPSA) is 117 Å². The first kappa shape index (κ1) is 37.8. The van der Waals surface area contributed by atoms with Crippen molar-refractivity contribution in [2.75, 3.05) is 37.9 Å². The normalized spacial score (nSPS) is 16.7. The number of benzene rings is 4. The number of carbonyl (C=O) groups is 4. The molecule has 2 fully saturated rings. The second-order valence-corrected chi connectivity index (χ2v) is 13.7. The standard InChI is InChI=1S/C44H48N4O6/c1-53-37-9-3-7-33(29-37)19-25-41(49)47-27-5-11-39(47)43(51)45-35-21-15-31(16-22-35)13-14-32-17-23-36(24-18-32)46-44(52)40-12-6-28-48(40)42(50)26-20-34-8-4-10-38(30-34)54-2/h3-4,7-10,13-18,21-24,29-30,39-40H,5-6,11-12,19-20,25-28H2,1-2H3,(H,45,51)(H,46,52)/b14-13+/t39-,40-/m0/s1. The molecule has 2 saturated heterocycles. The molecule has 0 aliphatic carbocycles. The molecular weight excluding hydrogens is 681 g/mol. The number of ether oxygens (including phenoxy) is 2. The number of rotatable bonds is 14. The van der Waals surface area contributed by atoms with E-state index in [1.54, 1.807) is 24.0 Å². The molecular formula is C44H48N4O6. The van der Waals surface area contributed by atoms with Gasteiger partial charge in [-0.25, -0.2) is 0 Å². The molecule has 54 heavy (non-hydrogen) atoms. The fourth-order valence-corrected chi connectivity index (χ4v) is 7.12. The Morgan fingerprint density at radius 1 is 0.611 bits per heavy atom. The number of hydrogen-bond acceptors (Lipinski definition) is 6. The van der Waals surface area contributed by atoms with Gasteiger partial charge >= 0.3 is 0 Å². The van der Waals surface area contributed by atoms with Crippen LogP contribution in [0.25, 0.3) is 12.2 Å². The monoisotopic (exact) mass is 728 g/mol. The molecule has 4 aromatic rings. The zero-order chi connectivity index (χ0) is 37.9. The number of anilines is 2. The highest BCUT2D eigenvalue weighted by atomic mass is 16.5. The van der Waals surface area contributed by atoms with Gasteiger partial charge in [-0.15, -0.1) is 0 Å². The van der Waals surface area contributed by atoms with Crippen molar-refractivity contribution in [2.45, 2.75) is 63.5 Å². The van der Waals surface area contributed by atoms with E-state index in [1.807, 2.05) is 109 Å². The van der Waals surface area contributed by atoms with E-state index in [0.717, 1.165) is 46.6 Å². The Labute approximate surface area is 317 Å². The molecule has 0 unspecified atom stereocenters. The SMILES string of the molecule is COc1cccc(CCC(=O)N2CCC[C@H]2C(=O)Nc2ccc(/C=C/c3ccc(NC(=O)[C@@H]4CCCN4C(=O)CCc4cccc(OC)c4)cc3)cc2)c1. The van der Waals surface area contributed by atoms with Crippen LogP contribution in [-0.2, 0) is 32.0 Å². The minimum absolute atomic E-state index is 0.0179. The molecule has 10 nitrogen and oxygen atoms in total. The molecule has 4 amide bonds. The number of likely N-dealkylation sites (tertiary alicyclic amines) is 2. The van der Waals surface area contributed by atoms with E-state index in [-0.39, 0.29) is 23.6 Å². The number of methoxy groups -OCH3 is 2. The van der Waals surface area contributed by atoms with Crippen molar-refractivity contribution in [2.24, 2.45) is 0 Å². The summed E-state index contributed by atoms with van der Waals surface area (Å²) in [5.74, 6) is 1.14. The zero-order valence-corrected chi connectivity index (χ0v) is 31.0. The van der Waals surface area contributed by atoms with Gasteiger partial charge in [-0.1, -0.05) is 60.7 Å². The van der Waals surface area contributed by atoms with Gasteiger partial charge in [0.05, 0.1) is 14.2 Å². The number of amides is 4. The van der Waals surface area contributed by atoms with Gasteiger partial charge in [0.2, 0.25) is 23.6 Å². The van der Waals surface area contributed by atoms with Crippen molar-refractivity contribution in [3.05, 3.63) is 119 Å². The van der Waals surface area contributed by atoms with Gasteiger partial charge in [-0.2, -0.15) is 0 Å². The van der Waals surface area contributed by atoms with Crippen LogP contribution in [0.15, 0.2) is 97.1 Å². The average molecular weight is 729 g/mol. The largest absolute Gasteiger partial charge is 0.497 e. The molecule has 0 saturated carbocycles. The molecule has 2 aliphatic rings. The van der Waals surface area contributed by atoms with Gasteiger partial charge in [0.25, 0.3) is 0 Å². The molecule has 0 spiro atoms. The first-order chi connectivity index (χ1) is 26.3. The third-order valence-corrected chi connectivity index (χ3v) is 10.1. The number of carbonyl (C=O) groups excluding carboxylic acids is 4. The van der Waals surface area contributed by atoms with Gasteiger partial charge in [0.15, 0.2) is 0 Å². The lowest BCUT2D eigenvalue weighted by atomic mass is 10.1. The van der Waals surface area contributed by atoms with Crippen LogP contribution in [0.4, 0.5) is 11.4 Å². The number of nitrogens with zero attached hydrogens (tertiary/aromatic N) is 2. The first-order valence-electron chi connectivity index (χ1n) is 18.6. The predicted molar refractivity (Wildman–Crippen MR) is 211 cm³/mol. The number of nitrogens with one attached hydrogen (secondary N) is 2. The van der Waals surface area contributed by atoms with E-state index in [9.17, 15) is 19.2 Å². The Morgan fingerprint density at radius 3 is 1.41 bits per heavy atom. The maximum absolute atomic E-state index is 13.2. The van der Waals surface area contributed by atoms with Crippen molar-refractivity contribution in [3.63, 3.8) is 0 Å². The van der Waals surface area contributed by atoms with E-state index in [0.29, 0.717) is 63.0 Å². The van der Waals surface area contributed by atoms with E-state index in [1.165, 1.54) is 0 Å². The number of hydrogen-bond donors (Lipinski definition) is 2. The minimum Gasteiger partial charge on any atom is -0.497 e. The maximum atomic E-state index is 13.2. The van der Waals surface area contributed by atoms with Gasteiger partial charge in [-0.05, 0) is 109 Å². The van der Waals surface area contributed by atoms with E-state index < -0.39 is 12.1 Å². The molecule has 2 atom stereocenters. The second-order valence-electron chi connectivity index (χ2n) is 13.7. The summed E-state index contributed by atoms with van der Waals surface area (Å²) in [4.78, 5) is 56.0. The van der Waals surface area contributed by atoms with Gasteiger partial charge in [0, 0.05) is 37.3 Å². The third-order valence-electron chi connectivity index (χ3n) is 10.1. The molecule has 280 valence electrons. The Hall–Kier alpha value is -5.90. The Bertz CT molecular complexity index is 1820. The average Bonchev–Trinajstić information content (AvgIpc) is 3.91. The Kier molecular flexibility index (Phi) is 12.8. The second kappa shape index (κ2) is 18.2. The molecule has 4 aromatic carbocycles. The summed E-state index contributed by atoms with van der Waals surface area (Å²) >= 11 is 0. The van der Waals surface area contributed by atoms with E-state index in [4.69, 9.17) is 9.47 Å². The highest BCUT2D eigenvalue weighted by Gasteiger charge is 2.35. The summed E-state index contributed by atoms with van der Waals surface area (Å²) in [6.45, 7) is 1.16. The molecule has 2 heterocycles. The fourth-order valence-electron chi connectivity index (χ4n) is 7.12. The smallest absolute Gasteiger partial charge is 0.247 e. The minimum atomic E-state index is -0.481. The lowest BCUT2D eigenvalue weighted by Gasteiger charge is -2.24. The number of aryl methyl sites for hydroxylation is 2. The lowest BCUT2D eigenvalue weighted by molar-refractivity contribution is -0.136. The fraction of sp³-hybridized carbons (Fsp3) is 0.318. The van der Waals surface area contributed by atoms with Gasteiger partial charge in [-0.3, -0.25) is 19.2 Å². The van der Waals surface area contributed by atoms with Crippen molar-refractivity contribution >= 4 is 47.2 Å². The summed E-state index contributed by atoms with van der Waals surface area (Å²) in [7, 11) is 3.24. The van der Waals surface area contributed by atoms with Crippen LogP contribution in [-0.4, -0.2) is 72.8 Å². The highest BCUT2D eigenvalue weighted by Crippen LogP contribution is 2.24. The molecule has 2 aliphatic heterocycles. The zero-order valence-electron chi connectivity index (χ0n) is 31.0. The summed E-state index contributed by atoms with van der Waals surface area (Å²) < 4.78 is 10.6. The third kappa shape index (κ3) is 9.95.